The second-order valence-corrected chi connectivity index (χ2v) is 5.02. The lowest BCUT2D eigenvalue weighted by molar-refractivity contribution is -0.115. The molecule has 0 aliphatic heterocycles. The molecule has 2 aromatic rings. The summed E-state index contributed by atoms with van der Waals surface area (Å²) < 4.78 is 4.94. The van der Waals surface area contributed by atoms with Crippen molar-refractivity contribution in [3.63, 3.8) is 0 Å². The summed E-state index contributed by atoms with van der Waals surface area (Å²) in [6.45, 7) is 3.10. The molecule has 7 heteroatoms. The van der Waals surface area contributed by atoms with Gasteiger partial charge in [-0.2, -0.15) is 0 Å². The van der Waals surface area contributed by atoms with Crippen molar-refractivity contribution < 1.29 is 19.1 Å². The first-order valence-corrected chi connectivity index (χ1v) is 7.38. The summed E-state index contributed by atoms with van der Waals surface area (Å²) in [4.78, 5) is 42.9. The van der Waals surface area contributed by atoms with Crippen molar-refractivity contribution in [1.29, 1.82) is 0 Å². The van der Waals surface area contributed by atoms with Crippen LogP contribution in [-0.2, 0) is 9.53 Å². The molecule has 0 fully saturated rings. The number of esters is 1. The third kappa shape index (κ3) is 4.70. The summed E-state index contributed by atoms with van der Waals surface area (Å²) in [5.74, 6) is -1.17. The average molecular weight is 327 g/mol. The number of amides is 1. The lowest BCUT2D eigenvalue weighted by atomic mass is 10.1. The van der Waals surface area contributed by atoms with Gasteiger partial charge >= 0.3 is 5.97 Å². The third-order valence-corrected chi connectivity index (χ3v) is 3.14. The molecule has 0 radical (unpaired) electrons. The van der Waals surface area contributed by atoms with E-state index in [1.54, 1.807) is 38.1 Å². The Labute approximate surface area is 139 Å². The maximum Gasteiger partial charge on any atom is 0.358 e. The van der Waals surface area contributed by atoms with Crippen LogP contribution in [0.2, 0.25) is 0 Å². The topological polar surface area (TPSA) is 98.2 Å². The van der Waals surface area contributed by atoms with Crippen LogP contribution >= 0.6 is 0 Å². The van der Waals surface area contributed by atoms with Gasteiger partial charge in [0.2, 0.25) is 5.91 Å². The molecule has 7 nitrogen and oxygen atoms in total. The van der Waals surface area contributed by atoms with E-state index in [-0.39, 0.29) is 17.4 Å². The molecule has 0 saturated carbocycles. The van der Waals surface area contributed by atoms with Gasteiger partial charge < -0.3 is 10.1 Å². The van der Waals surface area contributed by atoms with Crippen LogP contribution in [0.1, 0.15) is 39.9 Å². The minimum Gasteiger partial charge on any atom is -0.453 e. The lowest BCUT2D eigenvalue weighted by Crippen LogP contribution is -2.15. The van der Waals surface area contributed by atoms with Gasteiger partial charge in [0, 0.05) is 23.9 Å². The quantitative estimate of drug-likeness (QED) is 0.645. The SMILES string of the molecule is CCC(=O)Nc1ccc(C(=O)COC(=O)c2cnc(C)cn2)cc1. The van der Waals surface area contributed by atoms with Crippen molar-refractivity contribution in [3.05, 3.63) is 53.6 Å². The van der Waals surface area contributed by atoms with E-state index >= 15 is 0 Å². The standard InChI is InChI=1S/C17H17N3O4/c1-3-16(22)20-13-6-4-12(5-7-13)15(21)10-24-17(23)14-9-18-11(2)8-19-14/h4-9H,3,10H2,1-2H3,(H,20,22). The van der Waals surface area contributed by atoms with Crippen molar-refractivity contribution in [2.24, 2.45) is 0 Å². The van der Waals surface area contributed by atoms with Crippen molar-refractivity contribution in [2.75, 3.05) is 11.9 Å². The normalized spacial score (nSPS) is 10.1. The molecule has 0 unspecified atom stereocenters. The summed E-state index contributed by atoms with van der Waals surface area (Å²) in [5, 5.41) is 2.68. The Bertz CT molecular complexity index is 739. The van der Waals surface area contributed by atoms with Crippen LogP contribution < -0.4 is 5.32 Å². The molecule has 1 aromatic heterocycles. The summed E-state index contributed by atoms with van der Waals surface area (Å²) in [7, 11) is 0. The maximum atomic E-state index is 12.0. The fraction of sp³-hybridized carbons (Fsp3) is 0.235. The number of Topliss-reactive ketones (excluding diaryl/α,β-unsaturated/α-hetero) is 1. The summed E-state index contributed by atoms with van der Waals surface area (Å²) in [6, 6.07) is 6.36. The van der Waals surface area contributed by atoms with E-state index in [0.29, 0.717) is 23.4 Å². The van der Waals surface area contributed by atoms with Gasteiger partial charge in [-0.15, -0.1) is 0 Å². The molecule has 124 valence electrons. The molecular formula is C17H17N3O4. The molecule has 0 atom stereocenters. The van der Waals surface area contributed by atoms with Gasteiger partial charge in [-0.1, -0.05) is 6.92 Å². The number of carbonyl (C=O) groups is 3. The number of aromatic nitrogens is 2. The van der Waals surface area contributed by atoms with Crippen molar-refractivity contribution >= 4 is 23.3 Å². The van der Waals surface area contributed by atoms with Crippen LogP contribution in [-0.4, -0.2) is 34.2 Å². The Morgan fingerprint density at radius 2 is 1.79 bits per heavy atom. The van der Waals surface area contributed by atoms with E-state index in [9.17, 15) is 14.4 Å². The highest BCUT2D eigenvalue weighted by molar-refractivity contribution is 5.99. The summed E-state index contributed by atoms with van der Waals surface area (Å²) in [6.07, 6.45) is 3.12. The summed E-state index contributed by atoms with van der Waals surface area (Å²) >= 11 is 0. The molecule has 0 spiro atoms. The maximum absolute atomic E-state index is 12.0. The average Bonchev–Trinajstić information content (AvgIpc) is 2.60. The Hall–Kier alpha value is -3.09. The number of hydrogen-bond donors (Lipinski definition) is 1. The van der Waals surface area contributed by atoms with Crippen LogP contribution in [0.3, 0.4) is 0 Å². The Morgan fingerprint density at radius 1 is 1.08 bits per heavy atom. The molecule has 1 N–H and O–H groups in total. The van der Waals surface area contributed by atoms with E-state index in [1.807, 2.05) is 0 Å². The van der Waals surface area contributed by atoms with E-state index in [4.69, 9.17) is 4.74 Å². The fourth-order valence-corrected chi connectivity index (χ4v) is 1.78. The first kappa shape index (κ1) is 17.3. The number of nitrogens with one attached hydrogen (secondary N) is 1. The van der Waals surface area contributed by atoms with E-state index in [2.05, 4.69) is 15.3 Å². The zero-order valence-electron chi connectivity index (χ0n) is 13.4. The largest absolute Gasteiger partial charge is 0.453 e. The molecule has 0 aliphatic carbocycles. The molecule has 1 heterocycles. The van der Waals surface area contributed by atoms with Crippen LogP contribution in [0.25, 0.3) is 0 Å². The highest BCUT2D eigenvalue weighted by Gasteiger charge is 2.13. The van der Waals surface area contributed by atoms with Crippen LogP contribution in [0, 0.1) is 6.92 Å². The number of carbonyl (C=O) groups excluding carboxylic acids is 3. The highest BCUT2D eigenvalue weighted by atomic mass is 16.5. The summed E-state index contributed by atoms with van der Waals surface area (Å²) in [5.41, 5.74) is 1.71. The number of rotatable bonds is 6. The Morgan fingerprint density at radius 3 is 2.38 bits per heavy atom. The van der Waals surface area contributed by atoms with Gasteiger partial charge in [0.1, 0.15) is 0 Å². The second-order valence-electron chi connectivity index (χ2n) is 5.02. The molecule has 0 saturated heterocycles. The lowest BCUT2D eigenvalue weighted by Gasteiger charge is -2.06. The van der Waals surface area contributed by atoms with Crippen molar-refractivity contribution in [1.82, 2.24) is 9.97 Å². The molecule has 0 aliphatic rings. The van der Waals surface area contributed by atoms with Crippen molar-refractivity contribution in [2.45, 2.75) is 20.3 Å². The number of benzene rings is 1. The molecular weight excluding hydrogens is 310 g/mol. The third-order valence-electron chi connectivity index (χ3n) is 3.14. The number of ketones is 1. The van der Waals surface area contributed by atoms with Gasteiger partial charge in [-0.3, -0.25) is 14.6 Å². The predicted molar refractivity (Wildman–Crippen MR) is 86.7 cm³/mol. The van der Waals surface area contributed by atoms with Crippen LogP contribution in [0.15, 0.2) is 36.7 Å². The van der Waals surface area contributed by atoms with Crippen LogP contribution in [0.5, 0.6) is 0 Å². The first-order valence-electron chi connectivity index (χ1n) is 7.38. The minimum absolute atomic E-state index is 0.0472. The van der Waals surface area contributed by atoms with E-state index in [1.165, 1.54) is 12.4 Å². The fourth-order valence-electron chi connectivity index (χ4n) is 1.78. The number of nitrogens with zero attached hydrogens (tertiary/aromatic N) is 2. The zero-order chi connectivity index (χ0) is 17.5. The minimum atomic E-state index is -0.706. The number of anilines is 1. The molecule has 1 aromatic carbocycles. The smallest absolute Gasteiger partial charge is 0.358 e. The van der Waals surface area contributed by atoms with Gasteiger partial charge in [0.05, 0.1) is 11.9 Å². The second kappa shape index (κ2) is 7.96. The van der Waals surface area contributed by atoms with E-state index in [0.717, 1.165) is 0 Å². The van der Waals surface area contributed by atoms with Gasteiger partial charge in [0.15, 0.2) is 18.1 Å². The monoisotopic (exact) mass is 327 g/mol. The zero-order valence-corrected chi connectivity index (χ0v) is 13.4. The van der Waals surface area contributed by atoms with Gasteiger partial charge in [-0.25, -0.2) is 9.78 Å². The highest BCUT2D eigenvalue weighted by Crippen LogP contribution is 2.11. The first-order chi connectivity index (χ1) is 11.5. The van der Waals surface area contributed by atoms with Crippen molar-refractivity contribution in [3.8, 4) is 0 Å². The molecule has 24 heavy (non-hydrogen) atoms. The van der Waals surface area contributed by atoms with Crippen LogP contribution in [0.4, 0.5) is 5.69 Å². The van der Waals surface area contributed by atoms with Gasteiger partial charge in [0.25, 0.3) is 0 Å². The number of ether oxygens (including phenoxy) is 1. The van der Waals surface area contributed by atoms with E-state index < -0.39 is 12.6 Å². The molecule has 2 rings (SSSR count). The van der Waals surface area contributed by atoms with Gasteiger partial charge in [-0.05, 0) is 31.2 Å². The number of hydrogen-bond acceptors (Lipinski definition) is 6. The Balaban J connectivity index is 1.91. The Kier molecular flexibility index (Phi) is 5.73. The number of aryl methyl sites for hydroxylation is 1. The predicted octanol–water partition coefficient (Wildman–Crippen LogP) is 2.17. The molecule has 1 amide bonds. The molecule has 0 bridgehead atoms.